The molecule has 1 heterocycles. The number of hydrogen-bond donors (Lipinski definition) is 0. The van der Waals surface area contributed by atoms with E-state index in [-0.39, 0.29) is 16.5 Å². The predicted molar refractivity (Wildman–Crippen MR) is 73.2 cm³/mol. The van der Waals surface area contributed by atoms with Crippen LogP contribution in [0, 0.1) is 10.1 Å². The van der Waals surface area contributed by atoms with Crippen molar-refractivity contribution >= 4 is 17.3 Å². The molecule has 0 atom stereocenters. The van der Waals surface area contributed by atoms with E-state index in [2.05, 4.69) is 23.8 Å². The van der Waals surface area contributed by atoms with Gasteiger partial charge in [0.25, 0.3) is 0 Å². The molecular weight excluding hydrogens is 266 g/mol. The van der Waals surface area contributed by atoms with Crippen LogP contribution in [0.5, 0.6) is 0 Å². The SMILES string of the molecule is CC(C)c1ccc(-c2ncnc(Cl)c2[N+](=O)[O-])cc1. The van der Waals surface area contributed by atoms with Crippen LogP contribution in [0.3, 0.4) is 0 Å². The Bertz CT molecular complexity index is 612. The first-order chi connectivity index (χ1) is 9.00. The molecule has 0 spiro atoms. The fourth-order valence-electron chi connectivity index (χ4n) is 1.76. The minimum atomic E-state index is -0.561. The van der Waals surface area contributed by atoms with Gasteiger partial charge in [0, 0.05) is 5.56 Å². The van der Waals surface area contributed by atoms with Gasteiger partial charge in [-0.3, -0.25) is 10.1 Å². The number of hydrogen-bond acceptors (Lipinski definition) is 4. The molecule has 98 valence electrons. The van der Waals surface area contributed by atoms with Crippen molar-refractivity contribution in [1.29, 1.82) is 0 Å². The molecule has 1 aromatic heterocycles. The number of rotatable bonds is 3. The molecule has 2 rings (SSSR count). The van der Waals surface area contributed by atoms with E-state index in [1.54, 1.807) is 12.1 Å². The fraction of sp³-hybridized carbons (Fsp3) is 0.231. The van der Waals surface area contributed by atoms with Gasteiger partial charge in [-0.05, 0) is 11.5 Å². The quantitative estimate of drug-likeness (QED) is 0.486. The monoisotopic (exact) mass is 277 g/mol. The summed E-state index contributed by atoms with van der Waals surface area (Å²) in [5.41, 5.74) is 1.79. The first-order valence-electron chi connectivity index (χ1n) is 5.76. The molecule has 0 aliphatic heterocycles. The smallest absolute Gasteiger partial charge is 0.258 e. The van der Waals surface area contributed by atoms with Crippen LogP contribution in [0.4, 0.5) is 5.69 Å². The number of aromatic nitrogens is 2. The number of benzene rings is 1. The molecule has 0 amide bonds. The average Bonchev–Trinajstić information content (AvgIpc) is 2.38. The first kappa shape index (κ1) is 13.4. The molecule has 0 N–H and O–H groups in total. The lowest BCUT2D eigenvalue weighted by atomic mass is 10.0. The van der Waals surface area contributed by atoms with Crippen LogP contribution >= 0.6 is 11.6 Å². The van der Waals surface area contributed by atoms with Crippen LogP contribution in [0.1, 0.15) is 25.3 Å². The third-order valence-corrected chi connectivity index (χ3v) is 3.09. The zero-order valence-corrected chi connectivity index (χ0v) is 11.3. The summed E-state index contributed by atoms with van der Waals surface area (Å²) in [6.45, 7) is 4.16. The summed E-state index contributed by atoms with van der Waals surface area (Å²) in [6, 6.07) is 7.47. The lowest BCUT2D eigenvalue weighted by molar-refractivity contribution is -0.384. The highest BCUT2D eigenvalue weighted by atomic mass is 35.5. The van der Waals surface area contributed by atoms with Crippen LogP contribution in [-0.2, 0) is 0 Å². The molecule has 0 saturated heterocycles. The van der Waals surface area contributed by atoms with Crippen LogP contribution < -0.4 is 0 Å². The lowest BCUT2D eigenvalue weighted by Gasteiger charge is -2.07. The molecule has 1 aromatic carbocycles. The molecule has 0 saturated carbocycles. The minimum Gasteiger partial charge on any atom is -0.258 e. The van der Waals surface area contributed by atoms with Gasteiger partial charge in [0.05, 0.1) is 4.92 Å². The van der Waals surface area contributed by atoms with Gasteiger partial charge in [-0.1, -0.05) is 49.7 Å². The van der Waals surface area contributed by atoms with Crippen LogP contribution in [0.2, 0.25) is 5.15 Å². The Kier molecular flexibility index (Phi) is 3.76. The average molecular weight is 278 g/mol. The summed E-state index contributed by atoms with van der Waals surface area (Å²) >= 11 is 5.76. The molecule has 0 bridgehead atoms. The van der Waals surface area contributed by atoms with Crippen LogP contribution in [0.25, 0.3) is 11.3 Å². The van der Waals surface area contributed by atoms with Crippen molar-refractivity contribution in [2.75, 3.05) is 0 Å². The molecule has 2 aromatic rings. The third kappa shape index (κ3) is 2.71. The minimum absolute atomic E-state index is 0.150. The molecule has 0 unspecified atom stereocenters. The van der Waals surface area contributed by atoms with Crippen molar-refractivity contribution in [3.05, 3.63) is 51.4 Å². The summed E-state index contributed by atoms with van der Waals surface area (Å²) in [6.07, 6.45) is 1.22. The Hall–Kier alpha value is -2.01. The number of nitro groups is 1. The molecule has 6 heteroatoms. The van der Waals surface area contributed by atoms with E-state index in [4.69, 9.17) is 11.6 Å². The lowest BCUT2D eigenvalue weighted by Crippen LogP contribution is -1.98. The fourth-order valence-corrected chi connectivity index (χ4v) is 1.96. The Morgan fingerprint density at radius 3 is 2.37 bits per heavy atom. The van der Waals surface area contributed by atoms with Crippen molar-refractivity contribution in [2.24, 2.45) is 0 Å². The Balaban J connectivity index is 2.53. The summed E-state index contributed by atoms with van der Waals surface area (Å²) in [7, 11) is 0. The van der Waals surface area contributed by atoms with E-state index in [1.165, 1.54) is 6.33 Å². The molecule has 0 radical (unpaired) electrons. The van der Waals surface area contributed by atoms with Crippen molar-refractivity contribution in [3.63, 3.8) is 0 Å². The first-order valence-corrected chi connectivity index (χ1v) is 6.13. The molecule has 5 nitrogen and oxygen atoms in total. The van der Waals surface area contributed by atoms with Gasteiger partial charge in [-0.15, -0.1) is 0 Å². The standard InChI is InChI=1S/C13H12ClN3O2/c1-8(2)9-3-5-10(6-4-9)11-12(17(18)19)13(14)16-7-15-11/h3-8H,1-2H3. The Morgan fingerprint density at radius 1 is 1.21 bits per heavy atom. The van der Waals surface area contributed by atoms with E-state index >= 15 is 0 Å². The van der Waals surface area contributed by atoms with E-state index in [0.717, 1.165) is 5.56 Å². The highest BCUT2D eigenvalue weighted by molar-refractivity contribution is 6.31. The summed E-state index contributed by atoms with van der Waals surface area (Å²) in [4.78, 5) is 18.1. The van der Waals surface area contributed by atoms with Crippen molar-refractivity contribution < 1.29 is 4.92 Å². The predicted octanol–water partition coefficient (Wildman–Crippen LogP) is 3.83. The molecule has 0 aliphatic rings. The highest BCUT2D eigenvalue weighted by Crippen LogP contribution is 2.32. The van der Waals surface area contributed by atoms with Gasteiger partial charge in [0.15, 0.2) is 5.69 Å². The van der Waals surface area contributed by atoms with E-state index in [1.807, 2.05) is 12.1 Å². The van der Waals surface area contributed by atoms with Gasteiger partial charge < -0.3 is 0 Å². The molecule has 0 aliphatic carbocycles. The maximum Gasteiger partial charge on any atom is 0.332 e. The van der Waals surface area contributed by atoms with E-state index in [0.29, 0.717) is 11.5 Å². The zero-order valence-electron chi connectivity index (χ0n) is 10.5. The van der Waals surface area contributed by atoms with Gasteiger partial charge in [0.1, 0.15) is 6.33 Å². The highest BCUT2D eigenvalue weighted by Gasteiger charge is 2.22. The third-order valence-electron chi connectivity index (χ3n) is 2.81. The molecule has 19 heavy (non-hydrogen) atoms. The molecular formula is C13H12ClN3O2. The van der Waals surface area contributed by atoms with Crippen LogP contribution in [-0.4, -0.2) is 14.9 Å². The number of halogens is 1. The van der Waals surface area contributed by atoms with Gasteiger partial charge >= 0.3 is 5.69 Å². The van der Waals surface area contributed by atoms with Crippen molar-refractivity contribution in [2.45, 2.75) is 19.8 Å². The zero-order chi connectivity index (χ0) is 14.0. The topological polar surface area (TPSA) is 68.9 Å². The maximum absolute atomic E-state index is 11.0. The normalized spacial score (nSPS) is 10.7. The van der Waals surface area contributed by atoms with Crippen molar-refractivity contribution in [3.8, 4) is 11.3 Å². The second kappa shape index (κ2) is 5.32. The Labute approximate surface area is 115 Å². The van der Waals surface area contributed by atoms with Gasteiger partial charge in [-0.25, -0.2) is 9.97 Å². The van der Waals surface area contributed by atoms with Crippen molar-refractivity contribution in [1.82, 2.24) is 9.97 Å². The van der Waals surface area contributed by atoms with Gasteiger partial charge in [0.2, 0.25) is 5.15 Å². The summed E-state index contributed by atoms with van der Waals surface area (Å²) in [5.74, 6) is 0.401. The van der Waals surface area contributed by atoms with Crippen LogP contribution in [0.15, 0.2) is 30.6 Å². The second-order valence-electron chi connectivity index (χ2n) is 4.40. The summed E-state index contributed by atoms with van der Waals surface area (Å²) < 4.78 is 0. The molecule has 0 fully saturated rings. The second-order valence-corrected chi connectivity index (χ2v) is 4.75. The van der Waals surface area contributed by atoms with Gasteiger partial charge in [-0.2, -0.15) is 0 Å². The largest absolute Gasteiger partial charge is 0.332 e. The maximum atomic E-state index is 11.0. The number of nitrogens with zero attached hydrogens (tertiary/aromatic N) is 3. The van der Waals surface area contributed by atoms with E-state index in [9.17, 15) is 10.1 Å². The Morgan fingerprint density at radius 2 is 1.84 bits per heavy atom. The summed E-state index contributed by atoms with van der Waals surface area (Å²) in [5, 5.41) is 10.9. The van der Waals surface area contributed by atoms with E-state index < -0.39 is 4.92 Å².